The van der Waals surface area contributed by atoms with Crippen molar-refractivity contribution < 1.29 is 23.5 Å². The molecular weight excluding hydrogens is 303 g/mol. The average molecular weight is 322 g/mol. The van der Waals surface area contributed by atoms with Gasteiger partial charge in [-0.1, -0.05) is 24.8 Å². The molecule has 0 bridgehead atoms. The lowest BCUT2D eigenvalue weighted by atomic mass is 9.89. The van der Waals surface area contributed by atoms with E-state index in [1.807, 2.05) is 6.92 Å². The molecule has 0 aromatic heterocycles. The minimum atomic E-state index is -0.925. The minimum Gasteiger partial charge on any atom is -0.463 e. The Balaban J connectivity index is 2.19. The van der Waals surface area contributed by atoms with E-state index < -0.39 is 29.8 Å². The lowest BCUT2D eigenvalue weighted by molar-refractivity contribution is -0.150. The van der Waals surface area contributed by atoms with Crippen molar-refractivity contribution in [2.45, 2.75) is 13.0 Å². The number of esters is 1. The van der Waals surface area contributed by atoms with E-state index in [0.29, 0.717) is 6.61 Å². The highest BCUT2D eigenvalue weighted by Gasteiger charge is 2.39. The van der Waals surface area contributed by atoms with Crippen molar-refractivity contribution in [2.75, 3.05) is 19.8 Å². The maximum Gasteiger partial charge on any atom is 0.319 e. The van der Waals surface area contributed by atoms with Crippen molar-refractivity contribution in [3.8, 4) is 0 Å². The topological polar surface area (TPSA) is 76.7 Å². The number of hydrogen-bond acceptors (Lipinski definition) is 4. The summed E-state index contributed by atoms with van der Waals surface area (Å²) in [5.41, 5.74) is 0.374. The predicted molar refractivity (Wildman–Crippen MR) is 80.9 cm³/mol. The summed E-state index contributed by atoms with van der Waals surface area (Å²) < 4.78 is 24.3. The molecule has 0 radical (unpaired) electrons. The summed E-state index contributed by atoms with van der Waals surface area (Å²) >= 11 is 0. The molecule has 1 saturated heterocycles. The smallest absolute Gasteiger partial charge is 0.319 e. The standard InChI is InChI=1S/C16H19FN2O4/c1-3-22-8-9-23-15(20)13-10(2)18-16(21)19-14(13)11-6-4-5-7-12(11)17/h4-7,13-14H,2-3,8-9H2,1H3,(H2,18,19,21)/t13-,14+/m1/s1. The van der Waals surface area contributed by atoms with Crippen LogP contribution in [0.1, 0.15) is 18.5 Å². The van der Waals surface area contributed by atoms with Crippen LogP contribution in [0.2, 0.25) is 0 Å². The van der Waals surface area contributed by atoms with Gasteiger partial charge in [0, 0.05) is 17.9 Å². The first-order chi connectivity index (χ1) is 11.0. The third-order valence-electron chi connectivity index (χ3n) is 3.44. The van der Waals surface area contributed by atoms with Gasteiger partial charge in [0.05, 0.1) is 12.6 Å². The quantitative estimate of drug-likeness (QED) is 0.619. The Morgan fingerprint density at radius 2 is 2.09 bits per heavy atom. The molecule has 23 heavy (non-hydrogen) atoms. The molecule has 0 aliphatic carbocycles. The van der Waals surface area contributed by atoms with Crippen LogP contribution in [0.3, 0.4) is 0 Å². The number of rotatable bonds is 6. The van der Waals surface area contributed by atoms with Crippen LogP contribution in [-0.4, -0.2) is 31.8 Å². The molecule has 2 amide bonds. The molecule has 0 unspecified atom stereocenters. The summed E-state index contributed by atoms with van der Waals surface area (Å²) in [6, 6.07) is 4.53. The number of urea groups is 1. The van der Waals surface area contributed by atoms with Gasteiger partial charge < -0.3 is 20.1 Å². The molecule has 2 N–H and O–H groups in total. The van der Waals surface area contributed by atoms with E-state index in [1.54, 1.807) is 6.07 Å². The van der Waals surface area contributed by atoms with Crippen molar-refractivity contribution >= 4 is 12.0 Å². The predicted octanol–water partition coefficient (Wildman–Crippen LogP) is 1.89. The Kier molecular flexibility index (Phi) is 5.70. The van der Waals surface area contributed by atoms with Crippen molar-refractivity contribution in [1.29, 1.82) is 0 Å². The minimum absolute atomic E-state index is 0.0778. The SMILES string of the molecule is C=C1NC(=O)N[C@@H](c2ccccc2F)[C@@H]1C(=O)OCCOCC. The molecule has 0 spiro atoms. The fourth-order valence-electron chi connectivity index (χ4n) is 2.38. The van der Waals surface area contributed by atoms with Gasteiger partial charge in [-0.05, 0) is 13.0 Å². The number of ether oxygens (including phenoxy) is 2. The molecule has 2 rings (SSSR count). The van der Waals surface area contributed by atoms with Crippen LogP contribution in [0, 0.1) is 11.7 Å². The number of hydrogen-bond donors (Lipinski definition) is 2. The second-order valence-electron chi connectivity index (χ2n) is 4.96. The monoisotopic (exact) mass is 322 g/mol. The van der Waals surface area contributed by atoms with Gasteiger partial charge >= 0.3 is 12.0 Å². The van der Waals surface area contributed by atoms with Crippen LogP contribution in [0.25, 0.3) is 0 Å². The van der Waals surface area contributed by atoms with Gasteiger partial charge in [-0.2, -0.15) is 0 Å². The maximum atomic E-state index is 14.0. The Hall–Kier alpha value is -2.41. The molecule has 1 fully saturated rings. The molecule has 1 heterocycles. The Bertz CT molecular complexity index is 605. The number of carbonyl (C=O) groups is 2. The highest BCUT2D eigenvalue weighted by molar-refractivity contribution is 5.85. The van der Waals surface area contributed by atoms with Gasteiger partial charge in [0.25, 0.3) is 0 Å². The zero-order chi connectivity index (χ0) is 16.8. The first-order valence-corrected chi connectivity index (χ1v) is 7.29. The van der Waals surface area contributed by atoms with Gasteiger partial charge in [-0.15, -0.1) is 0 Å². The second kappa shape index (κ2) is 7.73. The van der Waals surface area contributed by atoms with E-state index in [0.717, 1.165) is 0 Å². The normalized spacial score (nSPS) is 20.6. The van der Waals surface area contributed by atoms with E-state index in [1.165, 1.54) is 18.2 Å². The number of carbonyl (C=O) groups excluding carboxylic acids is 2. The van der Waals surface area contributed by atoms with Gasteiger partial charge in [0.15, 0.2) is 0 Å². The summed E-state index contributed by atoms with van der Waals surface area (Å²) in [7, 11) is 0. The van der Waals surface area contributed by atoms with Crippen molar-refractivity contribution in [3.63, 3.8) is 0 Å². The van der Waals surface area contributed by atoms with E-state index >= 15 is 0 Å². The molecule has 7 heteroatoms. The molecule has 1 aliphatic heterocycles. The summed E-state index contributed by atoms with van der Waals surface area (Å²) in [5, 5.41) is 4.99. The molecule has 1 aliphatic rings. The van der Waals surface area contributed by atoms with Crippen molar-refractivity contribution in [3.05, 3.63) is 47.9 Å². The zero-order valence-electron chi connectivity index (χ0n) is 12.8. The second-order valence-corrected chi connectivity index (χ2v) is 4.96. The van der Waals surface area contributed by atoms with E-state index in [9.17, 15) is 14.0 Å². The lowest BCUT2D eigenvalue weighted by Crippen LogP contribution is -2.51. The van der Waals surface area contributed by atoms with Crippen LogP contribution < -0.4 is 10.6 Å². The summed E-state index contributed by atoms with van der Waals surface area (Å²) in [6.45, 7) is 6.39. The van der Waals surface area contributed by atoms with Crippen LogP contribution in [0.4, 0.5) is 9.18 Å². The Morgan fingerprint density at radius 3 is 2.78 bits per heavy atom. The average Bonchev–Trinajstić information content (AvgIpc) is 2.51. The van der Waals surface area contributed by atoms with E-state index in [-0.39, 0.29) is 24.5 Å². The highest BCUT2D eigenvalue weighted by Crippen LogP contribution is 2.31. The van der Waals surface area contributed by atoms with Crippen molar-refractivity contribution in [2.24, 2.45) is 5.92 Å². The maximum absolute atomic E-state index is 14.0. The van der Waals surface area contributed by atoms with E-state index in [4.69, 9.17) is 9.47 Å². The summed E-state index contributed by atoms with van der Waals surface area (Å²) in [6.07, 6.45) is 0. The van der Waals surface area contributed by atoms with Gasteiger partial charge in [0.1, 0.15) is 18.3 Å². The number of halogens is 1. The van der Waals surface area contributed by atoms with Gasteiger partial charge in [0.2, 0.25) is 0 Å². The van der Waals surface area contributed by atoms with Crippen LogP contribution in [0.5, 0.6) is 0 Å². The summed E-state index contributed by atoms with van der Waals surface area (Å²) in [5.74, 6) is -2.04. The number of amides is 2. The van der Waals surface area contributed by atoms with Crippen LogP contribution in [-0.2, 0) is 14.3 Å². The Labute approximate surface area is 133 Å². The summed E-state index contributed by atoms with van der Waals surface area (Å²) in [4.78, 5) is 24.0. The molecule has 6 nitrogen and oxygen atoms in total. The molecule has 124 valence electrons. The van der Waals surface area contributed by atoms with Crippen molar-refractivity contribution in [1.82, 2.24) is 10.6 Å². The third kappa shape index (κ3) is 4.07. The first kappa shape index (κ1) is 17.0. The molecule has 1 aromatic rings. The largest absolute Gasteiger partial charge is 0.463 e. The highest BCUT2D eigenvalue weighted by atomic mass is 19.1. The molecule has 0 saturated carbocycles. The van der Waals surface area contributed by atoms with Gasteiger partial charge in [-0.25, -0.2) is 9.18 Å². The van der Waals surface area contributed by atoms with E-state index in [2.05, 4.69) is 17.2 Å². The molecule has 2 atom stereocenters. The van der Waals surface area contributed by atoms with Crippen LogP contribution in [0.15, 0.2) is 36.5 Å². The molecule has 1 aromatic carbocycles. The zero-order valence-corrected chi connectivity index (χ0v) is 12.8. The Morgan fingerprint density at radius 1 is 1.35 bits per heavy atom. The first-order valence-electron chi connectivity index (χ1n) is 7.29. The third-order valence-corrected chi connectivity index (χ3v) is 3.44. The number of benzene rings is 1. The number of nitrogens with one attached hydrogen (secondary N) is 2. The fourth-order valence-corrected chi connectivity index (χ4v) is 2.38. The molecular formula is C16H19FN2O4. The lowest BCUT2D eigenvalue weighted by Gasteiger charge is -2.33. The fraction of sp³-hybridized carbons (Fsp3) is 0.375. The van der Waals surface area contributed by atoms with Crippen LogP contribution >= 0.6 is 0 Å². The van der Waals surface area contributed by atoms with Gasteiger partial charge in [-0.3, -0.25) is 4.79 Å².